The average Bonchev–Trinajstić information content (AvgIpc) is 2.73. The van der Waals surface area contributed by atoms with Crippen LogP contribution in [0.1, 0.15) is 31.4 Å². The standard InChI is InChI=1S/C23H32N4O2/c1-4-24-23(26-17-20-13-9-10-14-21(20)29-5-2)25-16-15-22(28)27(3)18-19-11-7-6-8-12-19/h6-14H,4-5,15-18H2,1-3H3,(H2,24,25,26). The van der Waals surface area contributed by atoms with Crippen LogP contribution in [0.2, 0.25) is 0 Å². The van der Waals surface area contributed by atoms with Crippen LogP contribution in [0.4, 0.5) is 0 Å². The predicted molar refractivity (Wildman–Crippen MR) is 118 cm³/mol. The summed E-state index contributed by atoms with van der Waals surface area (Å²) < 4.78 is 5.66. The van der Waals surface area contributed by atoms with Crippen molar-refractivity contribution in [2.24, 2.45) is 4.99 Å². The summed E-state index contributed by atoms with van der Waals surface area (Å²) >= 11 is 0. The van der Waals surface area contributed by atoms with Gasteiger partial charge >= 0.3 is 0 Å². The normalized spacial score (nSPS) is 11.1. The van der Waals surface area contributed by atoms with E-state index in [0.29, 0.717) is 38.6 Å². The van der Waals surface area contributed by atoms with Crippen LogP contribution >= 0.6 is 0 Å². The van der Waals surface area contributed by atoms with E-state index in [2.05, 4.69) is 15.6 Å². The topological polar surface area (TPSA) is 66.0 Å². The molecule has 2 aromatic rings. The van der Waals surface area contributed by atoms with Gasteiger partial charge in [0.05, 0.1) is 13.2 Å². The second kappa shape index (κ2) is 12.4. The molecule has 0 bridgehead atoms. The van der Waals surface area contributed by atoms with Gasteiger partial charge in [-0.05, 0) is 25.5 Å². The lowest BCUT2D eigenvalue weighted by atomic mass is 10.2. The van der Waals surface area contributed by atoms with E-state index in [9.17, 15) is 4.79 Å². The third kappa shape index (κ3) is 7.86. The van der Waals surface area contributed by atoms with E-state index in [0.717, 1.165) is 23.4 Å². The second-order valence-corrected chi connectivity index (χ2v) is 6.65. The first kappa shape index (κ1) is 22.3. The molecule has 2 aromatic carbocycles. The summed E-state index contributed by atoms with van der Waals surface area (Å²) in [5, 5.41) is 6.46. The lowest BCUT2D eigenvalue weighted by Crippen LogP contribution is -2.39. The zero-order valence-electron chi connectivity index (χ0n) is 17.6. The first-order valence-electron chi connectivity index (χ1n) is 10.1. The molecule has 156 valence electrons. The highest BCUT2D eigenvalue weighted by Crippen LogP contribution is 2.18. The molecule has 0 atom stereocenters. The van der Waals surface area contributed by atoms with Crippen LogP contribution in [0.3, 0.4) is 0 Å². The fourth-order valence-electron chi connectivity index (χ4n) is 2.86. The Balaban J connectivity index is 1.85. The van der Waals surface area contributed by atoms with E-state index in [1.54, 1.807) is 4.90 Å². The van der Waals surface area contributed by atoms with E-state index in [1.165, 1.54) is 0 Å². The fourth-order valence-corrected chi connectivity index (χ4v) is 2.86. The number of nitrogens with zero attached hydrogens (tertiary/aromatic N) is 2. The van der Waals surface area contributed by atoms with Gasteiger partial charge in [0.25, 0.3) is 0 Å². The summed E-state index contributed by atoms with van der Waals surface area (Å²) in [6, 6.07) is 17.9. The Morgan fingerprint density at radius 2 is 1.76 bits per heavy atom. The Morgan fingerprint density at radius 1 is 1.03 bits per heavy atom. The Hall–Kier alpha value is -3.02. The maximum atomic E-state index is 12.4. The van der Waals surface area contributed by atoms with Crippen LogP contribution in [-0.4, -0.2) is 43.5 Å². The number of para-hydroxylation sites is 1. The number of aliphatic imine (C=N–C) groups is 1. The van der Waals surface area contributed by atoms with Crippen LogP contribution in [0, 0.1) is 0 Å². The highest BCUT2D eigenvalue weighted by Gasteiger charge is 2.09. The molecule has 6 nitrogen and oxygen atoms in total. The lowest BCUT2D eigenvalue weighted by Gasteiger charge is -2.18. The Morgan fingerprint density at radius 3 is 2.48 bits per heavy atom. The maximum absolute atomic E-state index is 12.4. The molecular formula is C23H32N4O2. The van der Waals surface area contributed by atoms with Crippen LogP contribution in [0.15, 0.2) is 59.6 Å². The van der Waals surface area contributed by atoms with Crippen molar-refractivity contribution in [3.8, 4) is 5.75 Å². The third-order valence-electron chi connectivity index (χ3n) is 4.34. The quantitative estimate of drug-likeness (QED) is 0.478. The molecule has 1 amide bonds. The molecule has 6 heteroatoms. The number of rotatable bonds is 10. The number of hydrogen-bond acceptors (Lipinski definition) is 3. The molecule has 2 N–H and O–H groups in total. The van der Waals surface area contributed by atoms with Crippen molar-refractivity contribution < 1.29 is 9.53 Å². The molecule has 0 aliphatic rings. The van der Waals surface area contributed by atoms with Crippen molar-refractivity contribution in [2.45, 2.75) is 33.4 Å². The van der Waals surface area contributed by atoms with Crippen molar-refractivity contribution in [1.82, 2.24) is 15.5 Å². The average molecular weight is 397 g/mol. The van der Waals surface area contributed by atoms with Gasteiger partial charge in [0.15, 0.2) is 5.96 Å². The molecule has 0 radical (unpaired) electrons. The highest BCUT2D eigenvalue weighted by atomic mass is 16.5. The minimum absolute atomic E-state index is 0.0962. The van der Waals surface area contributed by atoms with Gasteiger partial charge in [-0.1, -0.05) is 48.5 Å². The Labute approximate surface area is 174 Å². The molecular weight excluding hydrogens is 364 g/mol. The van der Waals surface area contributed by atoms with Gasteiger partial charge in [-0.2, -0.15) is 0 Å². The van der Waals surface area contributed by atoms with Gasteiger partial charge in [0.1, 0.15) is 5.75 Å². The third-order valence-corrected chi connectivity index (χ3v) is 4.34. The van der Waals surface area contributed by atoms with Gasteiger partial charge in [-0.25, -0.2) is 4.99 Å². The van der Waals surface area contributed by atoms with Crippen LogP contribution in [0.25, 0.3) is 0 Å². The molecule has 0 spiro atoms. The SMILES string of the molecule is CCNC(=NCc1ccccc1OCC)NCCC(=O)N(C)Cc1ccccc1. The Kier molecular flexibility index (Phi) is 9.55. The van der Waals surface area contributed by atoms with Crippen molar-refractivity contribution in [1.29, 1.82) is 0 Å². The van der Waals surface area contributed by atoms with Crippen molar-refractivity contribution in [3.63, 3.8) is 0 Å². The van der Waals surface area contributed by atoms with Crippen LogP contribution in [0.5, 0.6) is 5.75 Å². The van der Waals surface area contributed by atoms with Crippen LogP contribution in [-0.2, 0) is 17.9 Å². The highest BCUT2D eigenvalue weighted by molar-refractivity contribution is 5.81. The van der Waals surface area contributed by atoms with Gasteiger partial charge in [0.2, 0.25) is 5.91 Å². The van der Waals surface area contributed by atoms with Gasteiger partial charge in [-0.3, -0.25) is 4.79 Å². The van der Waals surface area contributed by atoms with E-state index in [4.69, 9.17) is 4.74 Å². The number of carbonyl (C=O) groups is 1. The molecule has 0 fully saturated rings. The van der Waals surface area contributed by atoms with Crippen LogP contribution < -0.4 is 15.4 Å². The first-order valence-corrected chi connectivity index (χ1v) is 10.1. The molecule has 0 unspecified atom stereocenters. The lowest BCUT2D eigenvalue weighted by molar-refractivity contribution is -0.130. The molecule has 0 aliphatic heterocycles. The first-order chi connectivity index (χ1) is 14.1. The maximum Gasteiger partial charge on any atom is 0.224 e. The van der Waals surface area contributed by atoms with Crippen molar-refractivity contribution >= 4 is 11.9 Å². The number of hydrogen-bond donors (Lipinski definition) is 2. The summed E-state index contributed by atoms with van der Waals surface area (Å²) in [5.41, 5.74) is 2.16. The summed E-state index contributed by atoms with van der Waals surface area (Å²) in [4.78, 5) is 18.8. The molecule has 29 heavy (non-hydrogen) atoms. The Bertz CT molecular complexity index is 777. The van der Waals surface area contributed by atoms with E-state index in [1.807, 2.05) is 75.5 Å². The van der Waals surface area contributed by atoms with Gasteiger partial charge in [-0.15, -0.1) is 0 Å². The number of amides is 1. The summed E-state index contributed by atoms with van der Waals surface area (Å²) in [5.74, 6) is 1.64. The van der Waals surface area contributed by atoms with Crippen molar-refractivity contribution in [2.75, 3.05) is 26.7 Å². The monoisotopic (exact) mass is 396 g/mol. The number of ether oxygens (including phenoxy) is 1. The summed E-state index contributed by atoms with van der Waals surface area (Å²) in [6.45, 7) is 7.01. The molecule has 0 aromatic heterocycles. The fraction of sp³-hybridized carbons (Fsp3) is 0.391. The minimum Gasteiger partial charge on any atom is -0.494 e. The zero-order valence-corrected chi connectivity index (χ0v) is 17.6. The number of guanidine groups is 1. The second-order valence-electron chi connectivity index (χ2n) is 6.65. The number of nitrogens with one attached hydrogen (secondary N) is 2. The number of benzene rings is 2. The van der Waals surface area contributed by atoms with E-state index >= 15 is 0 Å². The van der Waals surface area contributed by atoms with E-state index in [-0.39, 0.29) is 5.91 Å². The molecule has 0 saturated carbocycles. The molecule has 2 rings (SSSR count). The zero-order chi connectivity index (χ0) is 20.9. The molecule has 0 saturated heterocycles. The van der Waals surface area contributed by atoms with E-state index < -0.39 is 0 Å². The summed E-state index contributed by atoms with van der Waals surface area (Å²) in [7, 11) is 1.83. The molecule has 0 aliphatic carbocycles. The van der Waals surface area contributed by atoms with Gasteiger partial charge in [0, 0.05) is 38.7 Å². The largest absolute Gasteiger partial charge is 0.494 e. The number of carbonyl (C=O) groups excluding carboxylic acids is 1. The van der Waals surface area contributed by atoms with Crippen molar-refractivity contribution in [3.05, 3.63) is 65.7 Å². The molecule has 0 heterocycles. The summed E-state index contributed by atoms with van der Waals surface area (Å²) in [6.07, 6.45) is 0.406. The smallest absolute Gasteiger partial charge is 0.224 e. The predicted octanol–water partition coefficient (Wildman–Crippen LogP) is 3.19. The van der Waals surface area contributed by atoms with Gasteiger partial charge < -0.3 is 20.3 Å². The minimum atomic E-state index is 0.0962.